The van der Waals surface area contributed by atoms with Crippen LogP contribution in [0.4, 0.5) is 0 Å². The molecule has 0 unspecified atom stereocenters. The van der Waals surface area contributed by atoms with Crippen LogP contribution in [0.5, 0.6) is 0 Å². The quantitative estimate of drug-likeness (QED) is 0.907. The van der Waals surface area contributed by atoms with Crippen molar-refractivity contribution in [2.45, 2.75) is 25.8 Å². The summed E-state index contributed by atoms with van der Waals surface area (Å²) in [6.07, 6.45) is 0. The van der Waals surface area contributed by atoms with E-state index in [1.165, 1.54) is 0 Å². The van der Waals surface area contributed by atoms with E-state index >= 15 is 0 Å². The van der Waals surface area contributed by atoms with Crippen molar-refractivity contribution in [1.29, 1.82) is 0 Å². The maximum Gasteiger partial charge on any atom is 0.230 e. The fraction of sp³-hybridized carbons (Fsp3) is 0.235. The molecule has 2 rings (SSSR count). The van der Waals surface area contributed by atoms with E-state index in [0.717, 1.165) is 11.1 Å². The molecule has 104 valence electrons. The number of hydrogen-bond donors (Lipinski definition) is 1. The number of halogens is 1. The number of carbonyl (C=O) groups is 1. The molecule has 20 heavy (non-hydrogen) atoms. The van der Waals surface area contributed by atoms with Crippen LogP contribution >= 0.6 is 11.6 Å². The molecule has 3 heteroatoms. The lowest BCUT2D eigenvalue weighted by Gasteiger charge is -2.24. The van der Waals surface area contributed by atoms with E-state index in [4.69, 9.17) is 11.6 Å². The minimum Gasteiger partial charge on any atom is -0.351 e. The molecular formula is C17H18ClNO. The Morgan fingerprint density at radius 1 is 1.05 bits per heavy atom. The molecular weight excluding hydrogens is 270 g/mol. The summed E-state index contributed by atoms with van der Waals surface area (Å²) in [6.45, 7) is 4.36. The average molecular weight is 288 g/mol. The summed E-state index contributed by atoms with van der Waals surface area (Å²) in [4.78, 5) is 12.4. The van der Waals surface area contributed by atoms with E-state index < -0.39 is 5.41 Å². The summed E-state index contributed by atoms with van der Waals surface area (Å²) in [7, 11) is 0. The topological polar surface area (TPSA) is 29.1 Å². The van der Waals surface area contributed by atoms with Gasteiger partial charge in [0, 0.05) is 11.6 Å². The van der Waals surface area contributed by atoms with Gasteiger partial charge in [0.15, 0.2) is 0 Å². The van der Waals surface area contributed by atoms with Crippen molar-refractivity contribution >= 4 is 17.5 Å². The van der Waals surface area contributed by atoms with Crippen LogP contribution in [-0.4, -0.2) is 5.91 Å². The number of benzene rings is 2. The number of rotatable bonds is 4. The van der Waals surface area contributed by atoms with Gasteiger partial charge in [-0.3, -0.25) is 4.79 Å². The Morgan fingerprint density at radius 3 is 2.25 bits per heavy atom. The number of amides is 1. The van der Waals surface area contributed by atoms with Crippen molar-refractivity contribution in [3.63, 3.8) is 0 Å². The van der Waals surface area contributed by atoms with Crippen molar-refractivity contribution in [2.24, 2.45) is 0 Å². The molecule has 2 aromatic carbocycles. The van der Waals surface area contributed by atoms with Crippen LogP contribution in [0.2, 0.25) is 5.02 Å². The summed E-state index contributed by atoms with van der Waals surface area (Å²) in [5.41, 5.74) is 1.46. The van der Waals surface area contributed by atoms with Crippen molar-refractivity contribution in [2.75, 3.05) is 0 Å². The minimum absolute atomic E-state index is 0.00340. The fourth-order valence-electron chi connectivity index (χ4n) is 2.00. The van der Waals surface area contributed by atoms with E-state index in [-0.39, 0.29) is 5.91 Å². The van der Waals surface area contributed by atoms with Gasteiger partial charge in [0.25, 0.3) is 0 Å². The molecule has 0 heterocycles. The molecule has 0 aliphatic carbocycles. The first-order chi connectivity index (χ1) is 9.50. The average Bonchev–Trinajstić information content (AvgIpc) is 2.46. The van der Waals surface area contributed by atoms with Gasteiger partial charge in [0.2, 0.25) is 5.91 Å². The van der Waals surface area contributed by atoms with Gasteiger partial charge in [-0.15, -0.1) is 0 Å². The first-order valence-electron chi connectivity index (χ1n) is 6.58. The van der Waals surface area contributed by atoms with Gasteiger partial charge in [-0.1, -0.05) is 54.1 Å². The van der Waals surface area contributed by atoms with Crippen molar-refractivity contribution in [3.8, 4) is 0 Å². The lowest BCUT2D eigenvalue weighted by atomic mass is 9.83. The maximum absolute atomic E-state index is 12.4. The third kappa shape index (κ3) is 3.40. The number of hydrogen-bond acceptors (Lipinski definition) is 1. The zero-order chi connectivity index (χ0) is 14.6. The van der Waals surface area contributed by atoms with Crippen LogP contribution in [0.1, 0.15) is 25.0 Å². The Balaban J connectivity index is 2.05. The lowest BCUT2D eigenvalue weighted by molar-refractivity contribution is -0.125. The summed E-state index contributed by atoms with van der Waals surface area (Å²) in [6, 6.07) is 17.3. The Morgan fingerprint density at radius 2 is 1.65 bits per heavy atom. The molecule has 0 aliphatic rings. The number of nitrogens with one attached hydrogen (secondary N) is 1. The predicted octanol–water partition coefficient (Wildman–Crippen LogP) is 3.93. The molecule has 0 saturated carbocycles. The summed E-state index contributed by atoms with van der Waals surface area (Å²) in [5, 5.41) is 3.66. The van der Waals surface area contributed by atoms with E-state index in [1.807, 2.05) is 68.4 Å². The van der Waals surface area contributed by atoms with Gasteiger partial charge >= 0.3 is 0 Å². The zero-order valence-electron chi connectivity index (χ0n) is 11.7. The summed E-state index contributed by atoms with van der Waals surface area (Å²) in [5.74, 6) is 0.00340. The van der Waals surface area contributed by atoms with Gasteiger partial charge < -0.3 is 5.32 Å². The number of carbonyl (C=O) groups excluding carboxylic acids is 1. The molecule has 0 radical (unpaired) electrons. The first-order valence-corrected chi connectivity index (χ1v) is 6.96. The van der Waals surface area contributed by atoms with E-state index in [1.54, 1.807) is 0 Å². The van der Waals surface area contributed by atoms with Crippen molar-refractivity contribution in [1.82, 2.24) is 5.32 Å². The van der Waals surface area contributed by atoms with Crippen LogP contribution in [0.3, 0.4) is 0 Å². The molecule has 1 N–H and O–H groups in total. The normalized spacial score (nSPS) is 11.2. The van der Waals surface area contributed by atoms with Crippen LogP contribution in [0.15, 0.2) is 54.6 Å². The summed E-state index contributed by atoms with van der Waals surface area (Å²) < 4.78 is 0. The fourth-order valence-corrected chi connectivity index (χ4v) is 2.12. The molecule has 0 atom stereocenters. The largest absolute Gasteiger partial charge is 0.351 e. The lowest BCUT2D eigenvalue weighted by Crippen LogP contribution is -2.39. The van der Waals surface area contributed by atoms with Gasteiger partial charge in [0.05, 0.1) is 5.41 Å². The Hall–Kier alpha value is -1.80. The van der Waals surface area contributed by atoms with Gasteiger partial charge in [0.1, 0.15) is 0 Å². The molecule has 2 aromatic rings. The van der Waals surface area contributed by atoms with Crippen LogP contribution in [0.25, 0.3) is 0 Å². The highest BCUT2D eigenvalue weighted by Crippen LogP contribution is 2.25. The molecule has 2 nitrogen and oxygen atoms in total. The third-order valence-corrected chi connectivity index (χ3v) is 3.68. The predicted molar refractivity (Wildman–Crippen MR) is 82.8 cm³/mol. The highest BCUT2D eigenvalue weighted by molar-refractivity contribution is 6.30. The molecule has 0 fully saturated rings. The first kappa shape index (κ1) is 14.6. The van der Waals surface area contributed by atoms with Crippen LogP contribution in [-0.2, 0) is 16.8 Å². The second-order valence-corrected chi connectivity index (χ2v) is 5.74. The highest BCUT2D eigenvalue weighted by Gasteiger charge is 2.29. The second-order valence-electron chi connectivity index (χ2n) is 5.30. The monoisotopic (exact) mass is 287 g/mol. The Kier molecular flexibility index (Phi) is 4.46. The SMILES string of the molecule is CC(C)(C(=O)NCc1ccccc1)c1ccc(Cl)cc1. The highest BCUT2D eigenvalue weighted by atomic mass is 35.5. The van der Waals surface area contributed by atoms with Crippen molar-refractivity contribution < 1.29 is 4.79 Å². The smallest absolute Gasteiger partial charge is 0.230 e. The Labute approximate surface area is 124 Å². The molecule has 0 aliphatic heterocycles. The molecule has 0 saturated heterocycles. The minimum atomic E-state index is -0.584. The van der Waals surface area contributed by atoms with E-state index in [9.17, 15) is 4.79 Å². The van der Waals surface area contributed by atoms with E-state index in [0.29, 0.717) is 11.6 Å². The molecule has 1 amide bonds. The second kappa shape index (κ2) is 6.10. The summed E-state index contributed by atoms with van der Waals surface area (Å²) >= 11 is 5.88. The van der Waals surface area contributed by atoms with Gasteiger partial charge in [-0.2, -0.15) is 0 Å². The van der Waals surface area contributed by atoms with Crippen molar-refractivity contribution in [3.05, 3.63) is 70.7 Å². The van der Waals surface area contributed by atoms with Crippen LogP contribution in [0, 0.1) is 0 Å². The maximum atomic E-state index is 12.4. The van der Waals surface area contributed by atoms with E-state index in [2.05, 4.69) is 5.32 Å². The molecule has 0 bridgehead atoms. The van der Waals surface area contributed by atoms with Crippen LogP contribution < -0.4 is 5.32 Å². The zero-order valence-corrected chi connectivity index (χ0v) is 12.4. The van der Waals surface area contributed by atoms with Gasteiger partial charge in [-0.05, 0) is 37.1 Å². The van der Waals surface area contributed by atoms with Gasteiger partial charge in [-0.25, -0.2) is 0 Å². The Bertz CT molecular complexity index is 576. The molecule has 0 aromatic heterocycles. The molecule has 0 spiro atoms. The standard InChI is InChI=1S/C17H18ClNO/c1-17(2,14-8-10-15(18)11-9-14)16(20)19-12-13-6-4-3-5-7-13/h3-11H,12H2,1-2H3,(H,19,20). The third-order valence-electron chi connectivity index (χ3n) is 3.43.